The van der Waals surface area contributed by atoms with Gasteiger partial charge in [0.1, 0.15) is 0 Å². The number of hydrogen-bond donors (Lipinski definition) is 2. The van der Waals surface area contributed by atoms with Crippen LogP contribution in [0.1, 0.15) is 111 Å². The molecule has 0 bridgehead atoms. The molecule has 3 atom stereocenters. The molecular weight excluding hydrogens is 328 g/mol. The third kappa shape index (κ3) is 4.80. The van der Waals surface area contributed by atoms with Gasteiger partial charge >= 0.3 is 11.9 Å². The van der Waals surface area contributed by atoms with Gasteiger partial charge < -0.3 is 10.2 Å². The summed E-state index contributed by atoms with van der Waals surface area (Å²) in [6, 6.07) is 0. The van der Waals surface area contributed by atoms with Gasteiger partial charge in [-0.05, 0) is 25.2 Å². The maximum atomic E-state index is 12.4. The Morgan fingerprint density at radius 2 is 1.38 bits per heavy atom. The van der Waals surface area contributed by atoms with E-state index < -0.39 is 22.8 Å². The van der Waals surface area contributed by atoms with Gasteiger partial charge in [0.25, 0.3) is 0 Å². The molecule has 1 aliphatic rings. The lowest BCUT2D eigenvalue weighted by atomic mass is 9.49. The monoisotopic (exact) mass is 368 g/mol. The minimum Gasteiger partial charge on any atom is -0.481 e. The van der Waals surface area contributed by atoms with Gasteiger partial charge in [-0.15, -0.1) is 0 Å². The van der Waals surface area contributed by atoms with Crippen LogP contribution in [-0.4, -0.2) is 22.2 Å². The van der Waals surface area contributed by atoms with Gasteiger partial charge in [-0.3, -0.25) is 9.59 Å². The second-order valence-electron chi connectivity index (χ2n) is 8.41. The van der Waals surface area contributed by atoms with E-state index in [0.717, 1.165) is 32.1 Å². The summed E-state index contributed by atoms with van der Waals surface area (Å²) >= 11 is 0. The summed E-state index contributed by atoms with van der Waals surface area (Å²) in [7, 11) is 0. The standard InChI is InChI=1S/C22H40O4/c1-4-6-7-8-9-10-11-12-15-21(19(23)24)16-13-14-17-22(21,20(25)26)18(3)5-2/h18H,4-17H2,1-3H3,(H,23,24)(H,25,26). The van der Waals surface area contributed by atoms with Crippen LogP contribution in [-0.2, 0) is 9.59 Å². The van der Waals surface area contributed by atoms with Gasteiger partial charge in [0, 0.05) is 0 Å². The average Bonchev–Trinajstić information content (AvgIpc) is 2.63. The van der Waals surface area contributed by atoms with E-state index in [-0.39, 0.29) is 5.92 Å². The van der Waals surface area contributed by atoms with E-state index in [1.807, 2.05) is 13.8 Å². The lowest BCUT2D eigenvalue weighted by molar-refractivity contribution is -0.188. The zero-order valence-corrected chi connectivity index (χ0v) is 17.2. The number of carboxylic acid groups (broad SMARTS) is 2. The fourth-order valence-corrected chi connectivity index (χ4v) is 5.20. The Bertz CT molecular complexity index is 447. The molecule has 2 N–H and O–H groups in total. The topological polar surface area (TPSA) is 74.6 Å². The molecule has 26 heavy (non-hydrogen) atoms. The maximum Gasteiger partial charge on any atom is 0.311 e. The number of rotatable bonds is 13. The van der Waals surface area contributed by atoms with Gasteiger partial charge in [0.15, 0.2) is 0 Å². The van der Waals surface area contributed by atoms with Crippen molar-refractivity contribution in [3.05, 3.63) is 0 Å². The summed E-state index contributed by atoms with van der Waals surface area (Å²) in [6.45, 7) is 6.12. The van der Waals surface area contributed by atoms with Crippen LogP contribution in [0.5, 0.6) is 0 Å². The van der Waals surface area contributed by atoms with Crippen molar-refractivity contribution in [1.82, 2.24) is 0 Å². The van der Waals surface area contributed by atoms with E-state index >= 15 is 0 Å². The van der Waals surface area contributed by atoms with Crippen molar-refractivity contribution in [3.8, 4) is 0 Å². The SMILES string of the molecule is CCCCCCCCCCC1(C(=O)O)CCCCC1(C(=O)O)C(C)CC. The molecule has 0 heterocycles. The highest BCUT2D eigenvalue weighted by atomic mass is 16.4. The van der Waals surface area contributed by atoms with Crippen LogP contribution in [0.25, 0.3) is 0 Å². The Kier molecular flexibility index (Phi) is 9.67. The van der Waals surface area contributed by atoms with Crippen LogP contribution < -0.4 is 0 Å². The van der Waals surface area contributed by atoms with Gasteiger partial charge in [-0.2, -0.15) is 0 Å². The minimum atomic E-state index is -1.12. The number of carbonyl (C=O) groups is 2. The molecule has 0 saturated heterocycles. The van der Waals surface area contributed by atoms with Crippen LogP contribution in [0.4, 0.5) is 0 Å². The molecule has 152 valence electrons. The predicted octanol–water partition coefficient (Wildman–Crippen LogP) is 6.28. The second kappa shape index (κ2) is 10.9. The number of unbranched alkanes of at least 4 members (excludes halogenated alkanes) is 7. The van der Waals surface area contributed by atoms with Crippen molar-refractivity contribution in [2.24, 2.45) is 16.7 Å². The summed E-state index contributed by atoms with van der Waals surface area (Å²) in [5, 5.41) is 20.3. The summed E-state index contributed by atoms with van der Waals surface area (Å²) in [5.74, 6) is -1.90. The molecule has 0 aliphatic heterocycles. The van der Waals surface area contributed by atoms with Crippen LogP contribution >= 0.6 is 0 Å². The third-order valence-corrected chi connectivity index (χ3v) is 6.98. The normalized spacial score (nSPS) is 27.2. The molecule has 0 spiro atoms. The van der Waals surface area contributed by atoms with E-state index in [9.17, 15) is 19.8 Å². The average molecular weight is 369 g/mol. The quantitative estimate of drug-likeness (QED) is 0.375. The summed E-state index contributed by atoms with van der Waals surface area (Å²) in [6.07, 6.45) is 13.1. The minimum absolute atomic E-state index is 0.120. The Morgan fingerprint density at radius 3 is 1.88 bits per heavy atom. The number of carboxylic acids is 2. The van der Waals surface area contributed by atoms with Crippen molar-refractivity contribution in [2.75, 3.05) is 0 Å². The highest BCUT2D eigenvalue weighted by molar-refractivity contribution is 5.87. The largest absolute Gasteiger partial charge is 0.481 e. The fraction of sp³-hybridized carbons (Fsp3) is 0.909. The Labute approximate surface area is 159 Å². The first-order valence-corrected chi connectivity index (χ1v) is 10.9. The third-order valence-electron chi connectivity index (χ3n) is 6.98. The molecule has 1 rings (SSSR count). The Balaban J connectivity index is 2.81. The maximum absolute atomic E-state index is 12.4. The van der Waals surface area contributed by atoms with Crippen LogP contribution in [0.3, 0.4) is 0 Å². The Morgan fingerprint density at radius 1 is 0.846 bits per heavy atom. The van der Waals surface area contributed by atoms with Crippen LogP contribution in [0, 0.1) is 16.7 Å². The molecule has 0 aromatic rings. The van der Waals surface area contributed by atoms with E-state index in [1.165, 1.54) is 32.1 Å². The molecule has 1 saturated carbocycles. The molecule has 3 unspecified atom stereocenters. The Hall–Kier alpha value is -1.06. The van der Waals surface area contributed by atoms with Crippen molar-refractivity contribution < 1.29 is 19.8 Å². The lowest BCUT2D eigenvalue weighted by Gasteiger charge is -2.51. The highest BCUT2D eigenvalue weighted by Gasteiger charge is 2.63. The van der Waals surface area contributed by atoms with Gasteiger partial charge in [-0.1, -0.05) is 91.4 Å². The fourth-order valence-electron chi connectivity index (χ4n) is 5.20. The first kappa shape index (κ1) is 23.0. The van der Waals surface area contributed by atoms with E-state index in [1.54, 1.807) is 0 Å². The molecule has 0 aromatic carbocycles. The van der Waals surface area contributed by atoms with Crippen molar-refractivity contribution in [2.45, 2.75) is 111 Å². The van der Waals surface area contributed by atoms with Gasteiger partial charge in [0.05, 0.1) is 10.8 Å². The summed E-state index contributed by atoms with van der Waals surface area (Å²) in [5.41, 5.74) is -2.22. The zero-order valence-electron chi connectivity index (χ0n) is 17.2. The molecule has 1 aliphatic carbocycles. The lowest BCUT2D eigenvalue weighted by Crippen LogP contribution is -2.57. The summed E-state index contributed by atoms with van der Waals surface area (Å²) in [4.78, 5) is 24.8. The smallest absolute Gasteiger partial charge is 0.311 e. The number of aliphatic carboxylic acids is 2. The number of hydrogen-bond acceptors (Lipinski definition) is 2. The van der Waals surface area contributed by atoms with Crippen LogP contribution in [0.15, 0.2) is 0 Å². The first-order valence-electron chi connectivity index (χ1n) is 10.9. The molecular formula is C22H40O4. The molecule has 0 aromatic heterocycles. The molecule has 4 nitrogen and oxygen atoms in total. The second-order valence-corrected chi connectivity index (χ2v) is 8.41. The highest BCUT2D eigenvalue weighted by Crippen LogP contribution is 2.58. The molecule has 0 amide bonds. The van der Waals surface area contributed by atoms with E-state index in [0.29, 0.717) is 25.7 Å². The van der Waals surface area contributed by atoms with E-state index in [2.05, 4.69) is 6.92 Å². The first-order chi connectivity index (χ1) is 12.4. The van der Waals surface area contributed by atoms with Crippen LogP contribution in [0.2, 0.25) is 0 Å². The van der Waals surface area contributed by atoms with Crippen molar-refractivity contribution >= 4 is 11.9 Å². The predicted molar refractivity (Wildman–Crippen MR) is 105 cm³/mol. The van der Waals surface area contributed by atoms with Gasteiger partial charge in [0.2, 0.25) is 0 Å². The molecule has 1 fully saturated rings. The van der Waals surface area contributed by atoms with Gasteiger partial charge in [-0.25, -0.2) is 0 Å². The molecule has 0 radical (unpaired) electrons. The zero-order chi connectivity index (χ0) is 19.6. The van der Waals surface area contributed by atoms with Crippen molar-refractivity contribution in [3.63, 3.8) is 0 Å². The molecule has 4 heteroatoms. The van der Waals surface area contributed by atoms with Crippen molar-refractivity contribution in [1.29, 1.82) is 0 Å². The summed E-state index contributed by atoms with van der Waals surface area (Å²) < 4.78 is 0. The van der Waals surface area contributed by atoms with E-state index in [4.69, 9.17) is 0 Å².